The quantitative estimate of drug-likeness (QED) is 0.610. The summed E-state index contributed by atoms with van der Waals surface area (Å²) < 4.78 is 11.0. The van der Waals surface area contributed by atoms with Crippen LogP contribution in [0, 0.1) is 13.8 Å². The average molecular weight is 423 g/mol. The minimum absolute atomic E-state index is 0.0291. The molecule has 2 aromatic carbocycles. The van der Waals surface area contributed by atoms with E-state index >= 15 is 0 Å². The first-order valence-corrected chi connectivity index (χ1v) is 10.6. The van der Waals surface area contributed by atoms with Crippen LogP contribution in [0.1, 0.15) is 37.5 Å². The monoisotopic (exact) mass is 422 g/mol. The van der Waals surface area contributed by atoms with Gasteiger partial charge >= 0.3 is 0 Å². The van der Waals surface area contributed by atoms with Crippen molar-refractivity contribution in [3.8, 4) is 5.75 Å². The largest absolute Gasteiger partial charge is 0.494 e. The Morgan fingerprint density at radius 1 is 0.968 bits per heavy atom. The summed E-state index contributed by atoms with van der Waals surface area (Å²) >= 11 is 0. The number of benzene rings is 2. The number of rotatable bonds is 9. The second kappa shape index (κ2) is 9.79. The van der Waals surface area contributed by atoms with Gasteiger partial charge in [-0.15, -0.1) is 0 Å². The lowest BCUT2D eigenvalue weighted by molar-refractivity contribution is -0.137. The molecule has 1 aliphatic rings. The third-order valence-electron chi connectivity index (χ3n) is 5.16. The van der Waals surface area contributed by atoms with Gasteiger partial charge in [0.25, 0.3) is 11.8 Å². The molecular weight excluding hydrogens is 392 g/mol. The van der Waals surface area contributed by atoms with Crippen LogP contribution in [0.5, 0.6) is 5.75 Å². The number of hydrogen-bond donors (Lipinski definition) is 1. The van der Waals surface area contributed by atoms with Crippen LogP contribution in [0.2, 0.25) is 0 Å². The van der Waals surface area contributed by atoms with Crippen LogP contribution in [0.25, 0.3) is 5.57 Å². The Balaban J connectivity index is 1.95. The highest BCUT2D eigenvalue weighted by Crippen LogP contribution is 2.31. The van der Waals surface area contributed by atoms with Crippen molar-refractivity contribution >= 4 is 23.1 Å². The van der Waals surface area contributed by atoms with Gasteiger partial charge in [0.05, 0.1) is 31.4 Å². The van der Waals surface area contributed by atoms with Gasteiger partial charge in [-0.25, -0.2) is 0 Å². The van der Waals surface area contributed by atoms with Crippen molar-refractivity contribution in [3.05, 3.63) is 64.9 Å². The van der Waals surface area contributed by atoms with E-state index in [-0.39, 0.29) is 30.2 Å². The summed E-state index contributed by atoms with van der Waals surface area (Å²) in [6, 6.07) is 13.1. The maximum atomic E-state index is 13.3. The van der Waals surface area contributed by atoms with Gasteiger partial charge in [-0.2, -0.15) is 0 Å². The molecule has 0 radical (unpaired) electrons. The normalized spacial score (nSPS) is 14.1. The van der Waals surface area contributed by atoms with E-state index in [0.717, 1.165) is 22.4 Å². The van der Waals surface area contributed by atoms with Crippen molar-refractivity contribution in [2.75, 3.05) is 25.1 Å². The Morgan fingerprint density at radius 3 is 2.29 bits per heavy atom. The lowest BCUT2D eigenvalue weighted by Crippen LogP contribution is -2.35. The van der Waals surface area contributed by atoms with Crippen molar-refractivity contribution in [2.24, 2.45) is 0 Å². The van der Waals surface area contributed by atoms with E-state index in [1.165, 1.54) is 4.90 Å². The predicted molar refractivity (Wildman–Crippen MR) is 122 cm³/mol. The number of amides is 2. The zero-order valence-corrected chi connectivity index (χ0v) is 18.8. The minimum atomic E-state index is -0.348. The Labute approximate surface area is 183 Å². The summed E-state index contributed by atoms with van der Waals surface area (Å²) in [7, 11) is 0. The summed E-state index contributed by atoms with van der Waals surface area (Å²) in [6.07, 6.45) is 0.0291. The lowest BCUT2D eigenvalue weighted by Gasteiger charge is -2.16. The molecule has 164 valence electrons. The SMILES string of the molecule is CCOc1ccc(NC2=C(c3ccc(C)c(C)c3)C(=O)N(CCOC(C)C)C2=O)cc1. The highest BCUT2D eigenvalue weighted by molar-refractivity contribution is 6.36. The first-order valence-electron chi connectivity index (χ1n) is 10.6. The number of ether oxygens (including phenoxy) is 2. The van der Waals surface area contributed by atoms with Crippen molar-refractivity contribution < 1.29 is 19.1 Å². The van der Waals surface area contributed by atoms with Gasteiger partial charge in [-0.05, 0) is 75.6 Å². The molecule has 0 fully saturated rings. The molecule has 1 aliphatic heterocycles. The number of hydrogen-bond acceptors (Lipinski definition) is 5. The summed E-state index contributed by atoms with van der Waals surface area (Å²) in [5, 5.41) is 3.17. The van der Waals surface area contributed by atoms with E-state index in [9.17, 15) is 9.59 Å². The van der Waals surface area contributed by atoms with E-state index in [4.69, 9.17) is 9.47 Å². The van der Waals surface area contributed by atoms with Crippen LogP contribution in [0.3, 0.4) is 0 Å². The van der Waals surface area contributed by atoms with Gasteiger partial charge in [0, 0.05) is 5.69 Å². The fraction of sp³-hybridized carbons (Fsp3) is 0.360. The molecule has 1 heterocycles. The van der Waals surface area contributed by atoms with Crippen LogP contribution in [0.15, 0.2) is 48.2 Å². The molecule has 6 nitrogen and oxygen atoms in total. The molecule has 0 atom stereocenters. The van der Waals surface area contributed by atoms with E-state index < -0.39 is 0 Å². The third-order valence-corrected chi connectivity index (χ3v) is 5.16. The second-order valence-electron chi connectivity index (χ2n) is 7.81. The second-order valence-corrected chi connectivity index (χ2v) is 7.81. The molecule has 0 unspecified atom stereocenters. The van der Waals surface area contributed by atoms with E-state index in [2.05, 4.69) is 5.32 Å². The van der Waals surface area contributed by atoms with E-state index in [1.807, 2.05) is 77.1 Å². The van der Waals surface area contributed by atoms with Crippen LogP contribution in [-0.4, -0.2) is 42.6 Å². The molecule has 0 aliphatic carbocycles. The number of nitrogens with one attached hydrogen (secondary N) is 1. The molecule has 0 aromatic heterocycles. The van der Waals surface area contributed by atoms with Crippen LogP contribution >= 0.6 is 0 Å². The molecule has 1 N–H and O–H groups in total. The highest BCUT2D eigenvalue weighted by Gasteiger charge is 2.39. The number of nitrogens with zero attached hydrogens (tertiary/aromatic N) is 1. The zero-order valence-electron chi connectivity index (χ0n) is 18.8. The molecule has 0 spiro atoms. The van der Waals surface area contributed by atoms with Crippen LogP contribution < -0.4 is 10.1 Å². The average Bonchev–Trinajstić information content (AvgIpc) is 2.96. The Hall–Kier alpha value is -3.12. The first-order chi connectivity index (χ1) is 14.8. The first kappa shape index (κ1) is 22.6. The van der Waals surface area contributed by atoms with Crippen molar-refractivity contribution in [1.82, 2.24) is 4.90 Å². The molecule has 3 rings (SSSR count). The number of carbonyl (C=O) groups excluding carboxylic acids is 2. The minimum Gasteiger partial charge on any atom is -0.494 e. The molecule has 2 aromatic rings. The Kier molecular flexibility index (Phi) is 7.13. The number of anilines is 1. The standard InChI is InChI=1S/C25H30N2O4/c1-6-30-21-11-9-20(10-12-21)26-23-22(19-8-7-17(4)18(5)15-19)24(28)27(25(23)29)13-14-31-16(2)3/h7-12,15-16,26H,6,13-14H2,1-5H3. The van der Waals surface area contributed by atoms with Crippen molar-refractivity contribution in [2.45, 2.75) is 40.7 Å². The van der Waals surface area contributed by atoms with Gasteiger partial charge in [0.1, 0.15) is 11.4 Å². The third kappa shape index (κ3) is 5.14. The molecular formula is C25H30N2O4. The zero-order chi connectivity index (χ0) is 22.5. The predicted octanol–water partition coefficient (Wildman–Crippen LogP) is 4.32. The summed E-state index contributed by atoms with van der Waals surface area (Å²) in [6.45, 7) is 10.9. The van der Waals surface area contributed by atoms with Gasteiger partial charge in [0.2, 0.25) is 0 Å². The van der Waals surface area contributed by atoms with Gasteiger partial charge in [0.15, 0.2) is 0 Å². The molecule has 31 heavy (non-hydrogen) atoms. The van der Waals surface area contributed by atoms with Gasteiger partial charge in [-0.1, -0.05) is 18.2 Å². The molecule has 2 amide bonds. The summed E-state index contributed by atoms with van der Waals surface area (Å²) in [5.41, 5.74) is 4.29. The Morgan fingerprint density at radius 2 is 1.68 bits per heavy atom. The molecule has 6 heteroatoms. The van der Waals surface area contributed by atoms with E-state index in [1.54, 1.807) is 0 Å². The van der Waals surface area contributed by atoms with Crippen LogP contribution in [0.4, 0.5) is 5.69 Å². The van der Waals surface area contributed by atoms with Crippen molar-refractivity contribution in [3.63, 3.8) is 0 Å². The van der Waals surface area contributed by atoms with Gasteiger partial charge in [-0.3, -0.25) is 14.5 Å². The lowest BCUT2D eigenvalue weighted by atomic mass is 9.99. The Bertz CT molecular complexity index is 993. The maximum absolute atomic E-state index is 13.3. The van der Waals surface area contributed by atoms with Crippen molar-refractivity contribution in [1.29, 1.82) is 0 Å². The maximum Gasteiger partial charge on any atom is 0.278 e. The molecule has 0 saturated carbocycles. The van der Waals surface area contributed by atoms with Gasteiger partial charge < -0.3 is 14.8 Å². The fourth-order valence-electron chi connectivity index (χ4n) is 3.39. The topological polar surface area (TPSA) is 67.9 Å². The summed E-state index contributed by atoms with van der Waals surface area (Å²) in [4.78, 5) is 27.7. The summed E-state index contributed by atoms with van der Waals surface area (Å²) in [5.74, 6) is 0.0891. The smallest absolute Gasteiger partial charge is 0.278 e. The number of aryl methyl sites for hydroxylation is 2. The molecule has 0 saturated heterocycles. The van der Waals surface area contributed by atoms with Crippen LogP contribution in [-0.2, 0) is 14.3 Å². The molecule has 0 bridgehead atoms. The fourth-order valence-corrected chi connectivity index (χ4v) is 3.39. The number of carbonyl (C=O) groups is 2. The van der Waals surface area contributed by atoms with E-state index in [0.29, 0.717) is 24.5 Å². The highest BCUT2D eigenvalue weighted by atomic mass is 16.5. The number of imide groups is 1.